The maximum absolute atomic E-state index is 12.0. The molecule has 1 heterocycles. The fourth-order valence-electron chi connectivity index (χ4n) is 2.32. The van der Waals surface area contributed by atoms with E-state index in [0.29, 0.717) is 17.0 Å². The smallest absolute Gasteiger partial charge is 0.262 e. The van der Waals surface area contributed by atoms with Gasteiger partial charge in [0.15, 0.2) is 6.61 Å². The average molecular weight is 389 g/mol. The summed E-state index contributed by atoms with van der Waals surface area (Å²) in [5.41, 5.74) is 1.07. The Balaban J connectivity index is 1.64. The van der Waals surface area contributed by atoms with Crippen molar-refractivity contribution < 1.29 is 19.1 Å². The van der Waals surface area contributed by atoms with E-state index in [9.17, 15) is 14.4 Å². The molecular formula is C17H13BrN2O4. The number of hydrogen-bond donors (Lipinski definition) is 1. The SMILES string of the molecule is CN1C(=O)c2ccc(NC(=O)COc3ccc(Br)cc3)cc2C1=O. The second-order valence-electron chi connectivity index (χ2n) is 5.22. The first-order chi connectivity index (χ1) is 11.5. The highest BCUT2D eigenvalue weighted by Gasteiger charge is 2.32. The molecule has 1 aliphatic heterocycles. The summed E-state index contributed by atoms with van der Waals surface area (Å²) in [4.78, 5) is 36.8. The molecule has 24 heavy (non-hydrogen) atoms. The first-order valence-corrected chi connectivity index (χ1v) is 7.89. The average Bonchev–Trinajstić information content (AvgIpc) is 2.79. The van der Waals surface area contributed by atoms with Gasteiger partial charge in [-0.05, 0) is 42.5 Å². The summed E-state index contributed by atoms with van der Waals surface area (Å²) < 4.78 is 6.30. The van der Waals surface area contributed by atoms with Gasteiger partial charge in [0.05, 0.1) is 11.1 Å². The predicted molar refractivity (Wildman–Crippen MR) is 91.1 cm³/mol. The van der Waals surface area contributed by atoms with E-state index in [1.165, 1.54) is 19.2 Å². The number of carbonyl (C=O) groups is 3. The number of rotatable bonds is 4. The van der Waals surface area contributed by atoms with Crippen LogP contribution >= 0.6 is 15.9 Å². The largest absolute Gasteiger partial charge is 0.484 e. The van der Waals surface area contributed by atoms with Crippen molar-refractivity contribution in [3.8, 4) is 5.75 Å². The minimum Gasteiger partial charge on any atom is -0.484 e. The van der Waals surface area contributed by atoms with Crippen molar-refractivity contribution in [3.05, 3.63) is 58.1 Å². The number of hydrogen-bond acceptors (Lipinski definition) is 4. The fraction of sp³-hybridized carbons (Fsp3) is 0.118. The summed E-state index contributed by atoms with van der Waals surface area (Å²) >= 11 is 3.32. The van der Waals surface area contributed by atoms with Crippen molar-refractivity contribution >= 4 is 39.3 Å². The molecule has 1 aliphatic rings. The first kappa shape index (κ1) is 16.2. The molecule has 3 rings (SSSR count). The van der Waals surface area contributed by atoms with E-state index < -0.39 is 0 Å². The lowest BCUT2D eigenvalue weighted by molar-refractivity contribution is -0.118. The highest BCUT2D eigenvalue weighted by atomic mass is 79.9. The summed E-state index contributed by atoms with van der Waals surface area (Å²) in [6.07, 6.45) is 0. The predicted octanol–water partition coefficient (Wildman–Crippen LogP) is 2.69. The third-order valence-corrected chi connectivity index (χ3v) is 4.09. The summed E-state index contributed by atoms with van der Waals surface area (Å²) in [5.74, 6) is -0.503. The molecule has 3 amide bonds. The number of nitrogens with zero attached hydrogens (tertiary/aromatic N) is 1. The van der Waals surface area contributed by atoms with Crippen LogP contribution in [0.4, 0.5) is 5.69 Å². The lowest BCUT2D eigenvalue weighted by Crippen LogP contribution is -2.24. The van der Waals surface area contributed by atoms with E-state index >= 15 is 0 Å². The van der Waals surface area contributed by atoms with Gasteiger partial charge in [-0.2, -0.15) is 0 Å². The Morgan fingerprint density at radius 1 is 1.08 bits per heavy atom. The zero-order chi connectivity index (χ0) is 17.3. The Bertz CT molecular complexity index is 833. The van der Waals surface area contributed by atoms with E-state index in [2.05, 4.69) is 21.2 Å². The summed E-state index contributed by atoms with van der Waals surface area (Å²) in [6, 6.07) is 11.7. The van der Waals surface area contributed by atoms with Gasteiger partial charge in [0.1, 0.15) is 5.75 Å². The molecule has 2 aromatic carbocycles. The van der Waals surface area contributed by atoms with Crippen molar-refractivity contribution in [2.45, 2.75) is 0 Å². The lowest BCUT2D eigenvalue weighted by atomic mass is 10.1. The molecule has 122 valence electrons. The van der Waals surface area contributed by atoms with Crippen LogP contribution in [0.2, 0.25) is 0 Å². The molecule has 0 aromatic heterocycles. The van der Waals surface area contributed by atoms with Crippen LogP contribution in [0, 0.1) is 0 Å². The summed E-state index contributed by atoms with van der Waals surface area (Å²) in [7, 11) is 1.43. The number of fused-ring (bicyclic) bond motifs is 1. The fourth-order valence-corrected chi connectivity index (χ4v) is 2.58. The molecule has 0 aliphatic carbocycles. The Morgan fingerprint density at radius 3 is 2.46 bits per heavy atom. The number of ether oxygens (including phenoxy) is 1. The van der Waals surface area contributed by atoms with Gasteiger partial charge in [-0.1, -0.05) is 15.9 Å². The van der Waals surface area contributed by atoms with E-state index in [1.807, 2.05) is 12.1 Å². The zero-order valence-corrected chi connectivity index (χ0v) is 14.3. The number of benzene rings is 2. The van der Waals surface area contributed by atoms with Gasteiger partial charge in [-0.3, -0.25) is 19.3 Å². The van der Waals surface area contributed by atoms with Gasteiger partial charge in [-0.25, -0.2) is 0 Å². The first-order valence-electron chi connectivity index (χ1n) is 7.10. The summed E-state index contributed by atoms with van der Waals surface area (Å²) in [5, 5.41) is 2.65. The molecular weight excluding hydrogens is 376 g/mol. The molecule has 7 heteroatoms. The van der Waals surface area contributed by atoms with E-state index in [1.54, 1.807) is 18.2 Å². The minimum absolute atomic E-state index is 0.161. The number of nitrogens with one attached hydrogen (secondary N) is 1. The van der Waals surface area contributed by atoms with E-state index in [0.717, 1.165) is 9.37 Å². The van der Waals surface area contributed by atoms with Gasteiger partial charge in [0, 0.05) is 17.2 Å². The van der Waals surface area contributed by atoms with Crippen molar-refractivity contribution in [2.75, 3.05) is 19.0 Å². The van der Waals surface area contributed by atoms with Gasteiger partial charge in [-0.15, -0.1) is 0 Å². The topological polar surface area (TPSA) is 75.7 Å². The molecule has 0 saturated heterocycles. The van der Waals surface area contributed by atoms with Crippen molar-refractivity contribution in [3.63, 3.8) is 0 Å². The van der Waals surface area contributed by atoms with Crippen LogP contribution in [0.5, 0.6) is 5.75 Å². The molecule has 1 N–H and O–H groups in total. The van der Waals surface area contributed by atoms with E-state index in [4.69, 9.17) is 4.74 Å². The zero-order valence-electron chi connectivity index (χ0n) is 12.7. The number of anilines is 1. The molecule has 0 unspecified atom stereocenters. The molecule has 0 saturated carbocycles. The maximum atomic E-state index is 12.0. The van der Waals surface area contributed by atoms with Crippen molar-refractivity contribution in [2.24, 2.45) is 0 Å². The van der Waals surface area contributed by atoms with Crippen LogP contribution in [0.25, 0.3) is 0 Å². The van der Waals surface area contributed by atoms with Crippen molar-refractivity contribution in [1.29, 1.82) is 0 Å². The molecule has 0 bridgehead atoms. The third kappa shape index (κ3) is 3.16. The normalized spacial score (nSPS) is 13.0. The molecule has 0 spiro atoms. The van der Waals surface area contributed by atoms with Crippen LogP contribution in [-0.4, -0.2) is 36.3 Å². The standard InChI is InChI=1S/C17H13BrN2O4/c1-20-16(22)13-7-4-11(8-14(13)17(20)23)19-15(21)9-24-12-5-2-10(18)3-6-12/h2-8H,9H2,1H3,(H,19,21). The molecule has 0 atom stereocenters. The highest BCUT2D eigenvalue weighted by molar-refractivity contribution is 9.10. The second kappa shape index (κ2) is 6.45. The van der Waals surface area contributed by atoms with Crippen LogP contribution in [0.3, 0.4) is 0 Å². The number of amides is 3. The second-order valence-corrected chi connectivity index (χ2v) is 6.14. The van der Waals surface area contributed by atoms with Gasteiger partial charge in [0.2, 0.25) is 0 Å². The van der Waals surface area contributed by atoms with Crippen molar-refractivity contribution in [1.82, 2.24) is 4.90 Å². The van der Waals surface area contributed by atoms with Crippen LogP contribution in [0.1, 0.15) is 20.7 Å². The molecule has 0 fully saturated rings. The lowest BCUT2D eigenvalue weighted by Gasteiger charge is -2.08. The Kier molecular flexibility index (Phi) is 4.35. The Hall–Kier alpha value is -2.67. The quantitative estimate of drug-likeness (QED) is 0.816. The third-order valence-electron chi connectivity index (χ3n) is 3.56. The number of imide groups is 1. The minimum atomic E-state index is -0.378. The Labute approximate surface area is 146 Å². The van der Waals surface area contributed by atoms with Gasteiger partial charge < -0.3 is 10.1 Å². The van der Waals surface area contributed by atoms with Crippen LogP contribution in [-0.2, 0) is 4.79 Å². The molecule has 2 aromatic rings. The Morgan fingerprint density at radius 2 is 1.75 bits per heavy atom. The number of carbonyl (C=O) groups excluding carboxylic acids is 3. The highest BCUT2D eigenvalue weighted by Crippen LogP contribution is 2.24. The van der Waals surface area contributed by atoms with Gasteiger partial charge >= 0.3 is 0 Å². The monoisotopic (exact) mass is 388 g/mol. The molecule has 6 nitrogen and oxygen atoms in total. The van der Waals surface area contributed by atoms with Gasteiger partial charge in [0.25, 0.3) is 17.7 Å². The number of halogens is 1. The molecule has 0 radical (unpaired) electrons. The van der Waals surface area contributed by atoms with Crippen LogP contribution in [0.15, 0.2) is 46.9 Å². The summed E-state index contributed by atoms with van der Waals surface area (Å²) in [6.45, 7) is -0.161. The van der Waals surface area contributed by atoms with Crippen LogP contribution < -0.4 is 10.1 Å². The van der Waals surface area contributed by atoms with E-state index in [-0.39, 0.29) is 29.9 Å². The maximum Gasteiger partial charge on any atom is 0.262 e.